The molecule has 2 amide bonds. The number of rotatable bonds is 3. The number of anilines is 3. The molecule has 0 spiro atoms. The number of morpholine rings is 1. The van der Waals surface area contributed by atoms with Crippen LogP contribution in [0.5, 0.6) is 0 Å². The lowest BCUT2D eigenvalue weighted by atomic mass is 10.2. The number of aromatic nitrogens is 2. The average molecular weight is 348 g/mol. The summed E-state index contributed by atoms with van der Waals surface area (Å²) in [7, 11) is 0. The normalized spacial score (nSPS) is 14.3. The Morgan fingerprint density at radius 1 is 1.17 bits per heavy atom. The van der Waals surface area contributed by atoms with Crippen molar-refractivity contribution in [3.8, 4) is 0 Å². The SMILES string of the molecule is Cc1ccc(NC(=O)Nc2cnc(N3CCOCC3)nc2)cc1Cl. The third kappa shape index (κ3) is 4.12. The number of halogens is 1. The van der Waals surface area contributed by atoms with Crippen molar-refractivity contribution in [2.75, 3.05) is 41.8 Å². The van der Waals surface area contributed by atoms with Crippen molar-refractivity contribution in [1.29, 1.82) is 0 Å². The fraction of sp³-hybridized carbons (Fsp3) is 0.312. The summed E-state index contributed by atoms with van der Waals surface area (Å²) in [5.41, 5.74) is 2.09. The lowest BCUT2D eigenvalue weighted by molar-refractivity contribution is 0.122. The molecule has 1 aromatic carbocycles. The van der Waals surface area contributed by atoms with Crippen LogP contribution in [0.1, 0.15) is 5.56 Å². The van der Waals surface area contributed by atoms with E-state index < -0.39 is 0 Å². The van der Waals surface area contributed by atoms with Gasteiger partial charge in [0.15, 0.2) is 0 Å². The first kappa shape index (κ1) is 16.5. The quantitative estimate of drug-likeness (QED) is 0.892. The fourth-order valence-electron chi connectivity index (χ4n) is 2.28. The van der Waals surface area contributed by atoms with Gasteiger partial charge in [-0.05, 0) is 24.6 Å². The minimum Gasteiger partial charge on any atom is -0.378 e. The monoisotopic (exact) mass is 347 g/mol. The van der Waals surface area contributed by atoms with E-state index in [4.69, 9.17) is 16.3 Å². The van der Waals surface area contributed by atoms with Gasteiger partial charge in [-0.3, -0.25) is 0 Å². The van der Waals surface area contributed by atoms with Crippen LogP contribution in [0.4, 0.5) is 22.1 Å². The van der Waals surface area contributed by atoms with Crippen molar-refractivity contribution in [2.24, 2.45) is 0 Å². The van der Waals surface area contributed by atoms with Gasteiger partial charge in [0.1, 0.15) is 0 Å². The van der Waals surface area contributed by atoms with E-state index in [9.17, 15) is 4.79 Å². The minimum atomic E-state index is -0.377. The molecule has 8 heteroatoms. The van der Waals surface area contributed by atoms with E-state index in [0.29, 0.717) is 35.6 Å². The molecule has 0 saturated carbocycles. The summed E-state index contributed by atoms with van der Waals surface area (Å²) < 4.78 is 5.30. The van der Waals surface area contributed by atoms with E-state index in [0.717, 1.165) is 18.7 Å². The minimum absolute atomic E-state index is 0.377. The molecular formula is C16H18ClN5O2. The highest BCUT2D eigenvalue weighted by atomic mass is 35.5. The fourth-order valence-corrected chi connectivity index (χ4v) is 2.46. The molecule has 0 bridgehead atoms. The molecule has 1 fully saturated rings. The van der Waals surface area contributed by atoms with Crippen LogP contribution in [0.3, 0.4) is 0 Å². The molecule has 2 heterocycles. The Morgan fingerprint density at radius 3 is 2.50 bits per heavy atom. The first-order chi connectivity index (χ1) is 11.6. The number of carbonyl (C=O) groups is 1. The maximum absolute atomic E-state index is 12.0. The highest BCUT2D eigenvalue weighted by Crippen LogP contribution is 2.20. The average Bonchev–Trinajstić information content (AvgIpc) is 2.59. The topological polar surface area (TPSA) is 79.4 Å². The maximum atomic E-state index is 12.0. The second-order valence-corrected chi connectivity index (χ2v) is 5.82. The van der Waals surface area contributed by atoms with Gasteiger partial charge in [0.25, 0.3) is 0 Å². The van der Waals surface area contributed by atoms with Crippen LogP contribution in [0.25, 0.3) is 0 Å². The van der Waals surface area contributed by atoms with Gasteiger partial charge in [0, 0.05) is 23.8 Å². The summed E-state index contributed by atoms with van der Waals surface area (Å²) in [5.74, 6) is 0.634. The van der Waals surface area contributed by atoms with Crippen LogP contribution < -0.4 is 15.5 Å². The lowest BCUT2D eigenvalue weighted by Gasteiger charge is -2.26. The van der Waals surface area contributed by atoms with Crippen molar-refractivity contribution in [2.45, 2.75) is 6.92 Å². The molecule has 2 N–H and O–H groups in total. The standard InChI is InChI=1S/C16H18ClN5O2/c1-11-2-3-12(8-14(11)17)20-16(23)21-13-9-18-15(19-10-13)22-4-6-24-7-5-22/h2-3,8-10H,4-7H2,1H3,(H2,20,21,23). The summed E-state index contributed by atoms with van der Waals surface area (Å²) in [6, 6.07) is 4.96. The molecule has 0 radical (unpaired) electrons. The Labute approximate surface area is 145 Å². The van der Waals surface area contributed by atoms with Crippen molar-refractivity contribution in [3.05, 3.63) is 41.2 Å². The highest BCUT2D eigenvalue weighted by molar-refractivity contribution is 6.31. The van der Waals surface area contributed by atoms with Crippen molar-refractivity contribution in [3.63, 3.8) is 0 Å². The number of nitrogens with zero attached hydrogens (tertiary/aromatic N) is 3. The molecule has 1 aliphatic heterocycles. The second kappa shape index (κ2) is 7.46. The Morgan fingerprint density at radius 2 is 1.83 bits per heavy atom. The number of nitrogens with one attached hydrogen (secondary N) is 2. The number of ether oxygens (including phenoxy) is 1. The molecule has 0 aliphatic carbocycles. The van der Waals surface area contributed by atoms with Gasteiger partial charge in [-0.2, -0.15) is 0 Å². The Balaban J connectivity index is 1.58. The van der Waals surface area contributed by atoms with Crippen LogP contribution in [0.15, 0.2) is 30.6 Å². The molecule has 126 valence electrons. The van der Waals surface area contributed by atoms with Crippen molar-refractivity contribution >= 4 is 35.0 Å². The van der Waals surface area contributed by atoms with Gasteiger partial charge in [-0.15, -0.1) is 0 Å². The van der Waals surface area contributed by atoms with Crippen LogP contribution in [-0.2, 0) is 4.74 Å². The molecule has 0 atom stereocenters. The Hall–Kier alpha value is -2.38. The highest BCUT2D eigenvalue weighted by Gasteiger charge is 2.13. The van der Waals surface area contributed by atoms with E-state index in [-0.39, 0.29) is 6.03 Å². The molecule has 1 aromatic heterocycles. The van der Waals surface area contributed by atoms with Crippen LogP contribution in [0.2, 0.25) is 5.02 Å². The molecule has 1 aliphatic rings. The number of benzene rings is 1. The number of hydrogen-bond donors (Lipinski definition) is 2. The molecule has 2 aromatic rings. The predicted molar refractivity (Wildman–Crippen MR) is 93.9 cm³/mol. The largest absolute Gasteiger partial charge is 0.378 e. The summed E-state index contributed by atoms with van der Waals surface area (Å²) >= 11 is 6.04. The summed E-state index contributed by atoms with van der Waals surface area (Å²) in [4.78, 5) is 22.6. The van der Waals surface area contributed by atoms with Crippen LogP contribution in [-0.4, -0.2) is 42.3 Å². The number of urea groups is 1. The number of amides is 2. The van der Waals surface area contributed by atoms with Gasteiger partial charge >= 0.3 is 6.03 Å². The maximum Gasteiger partial charge on any atom is 0.323 e. The van der Waals surface area contributed by atoms with E-state index >= 15 is 0 Å². The van der Waals surface area contributed by atoms with Crippen LogP contribution in [0, 0.1) is 6.92 Å². The third-order valence-corrected chi connectivity index (χ3v) is 4.03. The third-order valence-electron chi connectivity index (χ3n) is 3.62. The van der Waals surface area contributed by atoms with Gasteiger partial charge in [-0.25, -0.2) is 14.8 Å². The first-order valence-corrected chi connectivity index (χ1v) is 7.98. The zero-order chi connectivity index (χ0) is 16.9. The van der Waals surface area contributed by atoms with Gasteiger partial charge in [0.2, 0.25) is 5.95 Å². The molecule has 24 heavy (non-hydrogen) atoms. The smallest absolute Gasteiger partial charge is 0.323 e. The Kier molecular flexibility index (Phi) is 5.12. The predicted octanol–water partition coefficient (Wildman–Crippen LogP) is 2.92. The zero-order valence-corrected chi connectivity index (χ0v) is 14.0. The molecule has 3 rings (SSSR count). The summed E-state index contributed by atoms with van der Waals surface area (Å²) in [5, 5.41) is 6.02. The van der Waals surface area contributed by atoms with Gasteiger partial charge in [-0.1, -0.05) is 17.7 Å². The summed E-state index contributed by atoms with van der Waals surface area (Å²) in [6.07, 6.45) is 3.17. The number of carbonyl (C=O) groups excluding carboxylic acids is 1. The van der Waals surface area contributed by atoms with Crippen LogP contribution >= 0.6 is 11.6 Å². The van der Waals surface area contributed by atoms with E-state index in [2.05, 4.69) is 20.6 Å². The van der Waals surface area contributed by atoms with Crippen molar-refractivity contribution in [1.82, 2.24) is 9.97 Å². The molecule has 1 saturated heterocycles. The summed E-state index contributed by atoms with van der Waals surface area (Å²) in [6.45, 7) is 4.78. The van der Waals surface area contributed by atoms with Gasteiger partial charge in [0.05, 0.1) is 31.3 Å². The van der Waals surface area contributed by atoms with E-state index in [1.54, 1.807) is 24.5 Å². The van der Waals surface area contributed by atoms with E-state index in [1.165, 1.54) is 0 Å². The zero-order valence-electron chi connectivity index (χ0n) is 13.3. The Bertz CT molecular complexity index is 717. The second-order valence-electron chi connectivity index (χ2n) is 5.41. The lowest BCUT2D eigenvalue weighted by Crippen LogP contribution is -2.37. The first-order valence-electron chi connectivity index (χ1n) is 7.61. The number of hydrogen-bond acceptors (Lipinski definition) is 5. The van der Waals surface area contributed by atoms with Crippen molar-refractivity contribution < 1.29 is 9.53 Å². The van der Waals surface area contributed by atoms with E-state index in [1.807, 2.05) is 17.9 Å². The number of aryl methyl sites for hydroxylation is 1. The molecule has 7 nitrogen and oxygen atoms in total. The molecule has 0 unspecified atom stereocenters. The van der Waals surface area contributed by atoms with Gasteiger partial charge < -0.3 is 20.3 Å². The molecular weight excluding hydrogens is 330 g/mol.